The minimum Gasteiger partial charge on any atom is -0.352 e. The van der Waals surface area contributed by atoms with Gasteiger partial charge in [0, 0.05) is 18.5 Å². The molecule has 0 bridgehead atoms. The Morgan fingerprint density at radius 2 is 2.08 bits per heavy atom. The van der Waals surface area contributed by atoms with Crippen molar-refractivity contribution in [3.8, 4) is 0 Å². The number of carbonyl (C=O) groups is 2. The SMILES string of the molecule is C[C@H](NC(=O)CCNC(=O)c1ccc(F)cc1)c1cn2ncsc2n1. The molecule has 0 unspecified atom stereocenters. The lowest BCUT2D eigenvalue weighted by atomic mass is 10.2. The Hall–Kier alpha value is -2.81. The molecule has 25 heavy (non-hydrogen) atoms. The van der Waals surface area contributed by atoms with E-state index < -0.39 is 5.82 Å². The van der Waals surface area contributed by atoms with E-state index >= 15 is 0 Å². The lowest BCUT2D eigenvalue weighted by Crippen LogP contribution is -2.32. The summed E-state index contributed by atoms with van der Waals surface area (Å²) in [7, 11) is 0. The highest BCUT2D eigenvalue weighted by atomic mass is 32.1. The van der Waals surface area contributed by atoms with E-state index in [0.29, 0.717) is 5.56 Å². The summed E-state index contributed by atoms with van der Waals surface area (Å²) in [6.07, 6.45) is 1.91. The van der Waals surface area contributed by atoms with Gasteiger partial charge in [-0.05, 0) is 31.2 Å². The molecule has 130 valence electrons. The van der Waals surface area contributed by atoms with Crippen LogP contribution in [0.4, 0.5) is 4.39 Å². The van der Waals surface area contributed by atoms with Crippen LogP contribution in [0.25, 0.3) is 4.96 Å². The van der Waals surface area contributed by atoms with Crippen molar-refractivity contribution in [2.24, 2.45) is 0 Å². The third-order valence-corrected chi connectivity index (χ3v) is 4.26. The molecule has 0 spiro atoms. The Morgan fingerprint density at radius 1 is 1.32 bits per heavy atom. The van der Waals surface area contributed by atoms with Crippen LogP contribution in [0.15, 0.2) is 36.0 Å². The Kier molecular flexibility index (Phi) is 5.03. The normalized spacial score (nSPS) is 12.1. The quantitative estimate of drug-likeness (QED) is 0.702. The fourth-order valence-electron chi connectivity index (χ4n) is 2.24. The third-order valence-electron chi connectivity index (χ3n) is 3.57. The maximum atomic E-state index is 12.8. The summed E-state index contributed by atoms with van der Waals surface area (Å²) in [5.74, 6) is -0.947. The average molecular weight is 361 g/mol. The molecule has 2 aromatic heterocycles. The van der Waals surface area contributed by atoms with Gasteiger partial charge in [-0.25, -0.2) is 13.9 Å². The zero-order valence-electron chi connectivity index (χ0n) is 13.4. The van der Waals surface area contributed by atoms with Crippen LogP contribution < -0.4 is 10.6 Å². The van der Waals surface area contributed by atoms with Gasteiger partial charge in [0.15, 0.2) is 0 Å². The molecule has 0 aliphatic carbocycles. The minimum absolute atomic E-state index is 0.137. The van der Waals surface area contributed by atoms with Crippen LogP contribution in [-0.2, 0) is 4.79 Å². The molecule has 0 saturated carbocycles. The first-order valence-corrected chi connectivity index (χ1v) is 8.53. The van der Waals surface area contributed by atoms with Crippen molar-refractivity contribution >= 4 is 28.1 Å². The molecular formula is C16H16FN5O2S. The van der Waals surface area contributed by atoms with Gasteiger partial charge in [-0.3, -0.25) is 9.59 Å². The van der Waals surface area contributed by atoms with Crippen LogP contribution in [-0.4, -0.2) is 33.0 Å². The van der Waals surface area contributed by atoms with Crippen molar-refractivity contribution in [2.45, 2.75) is 19.4 Å². The van der Waals surface area contributed by atoms with Crippen molar-refractivity contribution in [1.29, 1.82) is 0 Å². The first-order valence-electron chi connectivity index (χ1n) is 7.65. The highest BCUT2D eigenvalue weighted by Crippen LogP contribution is 2.15. The first-order chi connectivity index (χ1) is 12.0. The van der Waals surface area contributed by atoms with Crippen molar-refractivity contribution in [3.63, 3.8) is 0 Å². The van der Waals surface area contributed by atoms with Crippen LogP contribution in [0.5, 0.6) is 0 Å². The molecule has 1 aromatic carbocycles. The number of imidazole rings is 1. The number of hydrogen-bond acceptors (Lipinski definition) is 5. The van der Waals surface area contributed by atoms with E-state index in [4.69, 9.17) is 0 Å². The van der Waals surface area contributed by atoms with Gasteiger partial charge in [0.2, 0.25) is 10.9 Å². The van der Waals surface area contributed by atoms with Gasteiger partial charge in [0.05, 0.1) is 17.9 Å². The second-order valence-corrected chi connectivity index (χ2v) is 6.25. The lowest BCUT2D eigenvalue weighted by Gasteiger charge is -2.11. The number of amides is 2. The van der Waals surface area contributed by atoms with Gasteiger partial charge < -0.3 is 10.6 Å². The zero-order valence-corrected chi connectivity index (χ0v) is 14.2. The number of nitrogens with one attached hydrogen (secondary N) is 2. The van der Waals surface area contributed by atoms with Crippen LogP contribution in [0.2, 0.25) is 0 Å². The Labute approximate surface area is 146 Å². The summed E-state index contributed by atoms with van der Waals surface area (Å²) in [5, 5.41) is 9.55. The van der Waals surface area contributed by atoms with E-state index in [1.165, 1.54) is 35.6 Å². The Balaban J connectivity index is 1.45. The number of aromatic nitrogens is 3. The summed E-state index contributed by atoms with van der Waals surface area (Å²) in [4.78, 5) is 29.0. The summed E-state index contributed by atoms with van der Waals surface area (Å²) >= 11 is 1.42. The van der Waals surface area contributed by atoms with Gasteiger partial charge in [-0.2, -0.15) is 5.10 Å². The standard InChI is InChI=1S/C16H16FN5O2S/c1-10(13-8-22-16(21-13)25-9-19-22)20-14(23)6-7-18-15(24)11-2-4-12(17)5-3-11/h2-5,8-10H,6-7H2,1H3,(H,18,24)(H,20,23)/t10-/m0/s1. The second kappa shape index (κ2) is 7.39. The monoisotopic (exact) mass is 361 g/mol. The van der Waals surface area contributed by atoms with E-state index in [-0.39, 0.29) is 30.8 Å². The number of hydrogen-bond donors (Lipinski definition) is 2. The molecule has 0 radical (unpaired) electrons. The lowest BCUT2D eigenvalue weighted by molar-refractivity contribution is -0.121. The molecule has 0 fully saturated rings. The predicted octanol–water partition coefficient (Wildman–Crippen LogP) is 1.93. The minimum atomic E-state index is -0.403. The fraction of sp³-hybridized carbons (Fsp3) is 0.250. The number of benzene rings is 1. The van der Waals surface area contributed by atoms with Crippen LogP contribution >= 0.6 is 11.3 Å². The number of rotatable bonds is 6. The van der Waals surface area contributed by atoms with E-state index in [1.54, 1.807) is 16.2 Å². The smallest absolute Gasteiger partial charge is 0.251 e. The Bertz CT molecular complexity index is 861. The van der Waals surface area contributed by atoms with Crippen molar-refractivity contribution in [1.82, 2.24) is 25.2 Å². The summed E-state index contributed by atoms with van der Waals surface area (Å²) in [6.45, 7) is 2.02. The van der Waals surface area contributed by atoms with Crippen molar-refractivity contribution < 1.29 is 14.0 Å². The summed E-state index contributed by atoms with van der Waals surface area (Å²) in [6, 6.07) is 4.97. The maximum Gasteiger partial charge on any atom is 0.251 e. The molecule has 7 nitrogen and oxygen atoms in total. The maximum absolute atomic E-state index is 12.8. The molecule has 3 rings (SSSR count). The first kappa shape index (κ1) is 17.0. The third kappa shape index (κ3) is 4.18. The predicted molar refractivity (Wildman–Crippen MR) is 90.8 cm³/mol. The van der Waals surface area contributed by atoms with E-state index in [2.05, 4.69) is 20.7 Å². The van der Waals surface area contributed by atoms with Gasteiger partial charge in [0.25, 0.3) is 5.91 Å². The van der Waals surface area contributed by atoms with Crippen molar-refractivity contribution in [2.75, 3.05) is 6.54 Å². The highest BCUT2D eigenvalue weighted by molar-refractivity contribution is 7.14. The molecule has 9 heteroatoms. The Morgan fingerprint density at radius 3 is 2.80 bits per heavy atom. The van der Waals surface area contributed by atoms with Crippen molar-refractivity contribution in [3.05, 3.63) is 53.0 Å². The largest absolute Gasteiger partial charge is 0.352 e. The molecule has 2 amide bonds. The zero-order chi connectivity index (χ0) is 17.8. The second-order valence-electron chi connectivity index (χ2n) is 5.43. The number of halogens is 1. The molecule has 0 aliphatic heterocycles. The number of fused-ring (bicyclic) bond motifs is 1. The summed E-state index contributed by atoms with van der Waals surface area (Å²) < 4.78 is 14.5. The summed E-state index contributed by atoms with van der Waals surface area (Å²) in [5.41, 5.74) is 2.77. The van der Waals surface area contributed by atoms with Gasteiger partial charge in [-0.15, -0.1) is 0 Å². The molecule has 2 heterocycles. The average Bonchev–Trinajstić information content (AvgIpc) is 3.17. The fourth-order valence-corrected chi connectivity index (χ4v) is 2.85. The van der Waals surface area contributed by atoms with E-state index in [0.717, 1.165) is 10.7 Å². The number of nitrogens with zero attached hydrogens (tertiary/aromatic N) is 3. The topological polar surface area (TPSA) is 88.4 Å². The molecular weight excluding hydrogens is 345 g/mol. The molecule has 3 aromatic rings. The molecule has 1 atom stereocenters. The van der Waals surface area contributed by atoms with Crippen LogP contribution in [0.1, 0.15) is 35.4 Å². The van der Waals surface area contributed by atoms with Gasteiger partial charge in [0.1, 0.15) is 11.3 Å². The van der Waals surface area contributed by atoms with Gasteiger partial charge in [-0.1, -0.05) is 11.3 Å². The molecule has 0 aliphatic rings. The molecule has 2 N–H and O–H groups in total. The van der Waals surface area contributed by atoms with E-state index in [9.17, 15) is 14.0 Å². The van der Waals surface area contributed by atoms with Crippen LogP contribution in [0.3, 0.4) is 0 Å². The molecule has 0 saturated heterocycles. The van der Waals surface area contributed by atoms with Gasteiger partial charge >= 0.3 is 0 Å². The highest BCUT2D eigenvalue weighted by Gasteiger charge is 2.14. The number of carbonyl (C=O) groups excluding carboxylic acids is 2. The van der Waals surface area contributed by atoms with E-state index in [1.807, 2.05) is 6.92 Å². The van der Waals surface area contributed by atoms with Crippen LogP contribution in [0, 0.1) is 5.82 Å².